The van der Waals surface area contributed by atoms with Crippen LogP contribution in [-0.4, -0.2) is 5.97 Å². The van der Waals surface area contributed by atoms with Crippen molar-refractivity contribution in [3.63, 3.8) is 0 Å². The Morgan fingerprint density at radius 1 is 0.931 bits per heavy atom. The van der Waals surface area contributed by atoms with E-state index in [-0.39, 0.29) is 0 Å². The van der Waals surface area contributed by atoms with Gasteiger partial charge in [-0.05, 0) is 31.2 Å². The summed E-state index contributed by atoms with van der Waals surface area (Å²) in [6.07, 6.45) is 6.80. The van der Waals surface area contributed by atoms with Gasteiger partial charge in [-0.15, -0.1) is 6.42 Å². The summed E-state index contributed by atoms with van der Waals surface area (Å²) in [7, 11) is 0. The van der Waals surface area contributed by atoms with Gasteiger partial charge in [-0.2, -0.15) is 0 Å². The largest absolute Gasteiger partial charge is 0.438 e. The molecule has 3 rings (SSSR count). The van der Waals surface area contributed by atoms with Gasteiger partial charge in [0.1, 0.15) is 0 Å². The Bertz CT molecular complexity index is 1050. The zero-order valence-corrected chi connectivity index (χ0v) is 16.4. The van der Waals surface area contributed by atoms with Crippen LogP contribution >= 0.6 is 0 Å². The van der Waals surface area contributed by atoms with Crippen molar-refractivity contribution in [2.75, 3.05) is 0 Å². The first kappa shape index (κ1) is 20.0. The first-order valence-corrected chi connectivity index (χ1v) is 9.50. The maximum Gasteiger partial charge on any atom is 0.339 e. The highest BCUT2D eigenvalue weighted by Gasteiger charge is 2.34. The minimum atomic E-state index is -1.17. The predicted molar refractivity (Wildman–Crippen MR) is 116 cm³/mol. The molecule has 0 aliphatic rings. The number of hydrogen-bond donors (Lipinski definition) is 0. The Labute approximate surface area is 172 Å². The molecular weight excluding hydrogens is 356 g/mol. The maximum absolute atomic E-state index is 12.7. The van der Waals surface area contributed by atoms with Gasteiger partial charge in [-0.3, -0.25) is 0 Å². The van der Waals surface area contributed by atoms with E-state index in [1.807, 2.05) is 67.6 Å². The number of carbonyl (C=O) groups is 1. The maximum atomic E-state index is 12.7. The molecule has 1 unspecified atom stereocenters. The van der Waals surface area contributed by atoms with Crippen LogP contribution in [-0.2, 0) is 10.3 Å². The van der Waals surface area contributed by atoms with Crippen LogP contribution in [0.5, 0.6) is 0 Å². The van der Waals surface area contributed by atoms with E-state index in [0.29, 0.717) is 18.4 Å². The summed E-state index contributed by atoms with van der Waals surface area (Å²) in [4.78, 5) is 12.7. The molecule has 2 nitrogen and oxygen atoms in total. The second kappa shape index (κ2) is 9.45. The van der Waals surface area contributed by atoms with E-state index in [0.717, 1.165) is 11.1 Å². The van der Waals surface area contributed by atoms with Gasteiger partial charge < -0.3 is 4.74 Å². The molecule has 0 bridgehead atoms. The SMILES string of the molecule is C#CC(CCC#Cc1ccc(C)cc1)(OC(=O)c1ccccc1)c1ccccc1. The molecule has 0 saturated carbocycles. The van der Waals surface area contributed by atoms with Crippen LogP contribution in [0.3, 0.4) is 0 Å². The second-order valence-electron chi connectivity index (χ2n) is 6.76. The number of hydrogen-bond acceptors (Lipinski definition) is 2. The molecular formula is C27H22O2. The zero-order chi connectivity index (χ0) is 20.5. The number of ether oxygens (including phenoxy) is 1. The van der Waals surface area contributed by atoms with Gasteiger partial charge in [0, 0.05) is 24.0 Å². The molecule has 0 aliphatic heterocycles. The minimum Gasteiger partial charge on any atom is -0.438 e. The van der Waals surface area contributed by atoms with Crippen molar-refractivity contribution in [3.05, 3.63) is 107 Å². The minimum absolute atomic E-state index is 0.408. The van der Waals surface area contributed by atoms with Crippen LogP contribution in [0.1, 0.15) is 39.9 Å². The molecule has 3 aromatic carbocycles. The Morgan fingerprint density at radius 3 is 2.17 bits per heavy atom. The van der Waals surface area contributed by atoms with Crippen LogP contribution < -0.4 is 0 Å². The van der Waals surface area contributed by atoms with E-state index in [1.165, 1.54) is 5.56 Å². The molecule has 3 aromatic rings. The summed E-state index contributed by atoms with van der Waals surface area (Å²) >= 11 is 0. The number of esters is 1. The fourth-order valence-electron chi connectivity index (χ4n) is 2.98. The lowest BCUT2D eigenvalue weighted by Crippen LogP contribution is -2.31. The van der Waals surface area contributed by atoms with Gasteiger partial charge in [0.15, 0.2) is 5.60 Å². The fraction of sp³-hybridized carbons (Fsp3) is 0.148. The molecule has 142 valence electrons. The zero-order valence-electron chi connectivity index (χ0n) is 16.4. The molecule has 0 aromatic heterocycles. The third kappa shape index (κ3) is 5.16. The Kier molecular flexibility index (Phi) is 6.51. The van der Waals surface area contributed by atoms with E-state index in [4.69, 9.17) is 11.2 Å². The van der Waals surface area contributed by atoms with Crippen molar-refractivity contribution < 1.29 is 9.53 Å². The van der Waals surface area contributed by atoms with E-state index >= 15 is 0 Å². The van der Waals surface area contributed by atoms with Crippen molar-refractivity contribution in [1.29, 1.82) is 0 Å². The van der Waals surface area contributed by atoms with E-state index < -0.39 is 11.6 Å². The average Bonchev–Trinajstić information content (AvgIpc) is 2.78. The second-order valence-corrected chi connectivity index (χ2v) is 6.76. The smallest absolute Gasteiger partial charge is 0.339 e. The summed E-state index contributed by atoms with van der Waals surface area (Å²) in [5, 5.41) is 0. The van der Waals surface area contributed by atoms with Crippen LogP contribution in [0.25, 0.3) is 0 Å². The summed E-state index contributed by atoms with van der Waals surface area (Å²) in [5.41, 5.74) is 2.20. The molecule has 0 N–H and O–H groups in total. The lowest BCUT2D eigenvalue weighted by molar-refractivity contribution is 0.00309. The number of aryl methyl sites for hydroxylation is 1. The molecule has 0 aliphatic carbocycles. The van der Waals surface area contributed by atoms with Gasteiger partial charge in [0.2, 0.25) is 0 Å². The first-order chi connectivity index (χ1) is 14.1. The van der Waals surface area contributed by atoms with Crippen molar-refractivity contribution in [2.24, 2.45) is 0 Å². The summed E-state index contributed by atoms with van der Waals surface area (Å²) < 4.78 is 5.88. The third-order valence-electron chi connectivity index (χ3n) is 4.64. The van der Waals surface area contributed by atoms with E-state index in [1.54, 1.807) is 24.3 Å². The standard InChI is InChI=1S/C27H22O2/c1-3-27(25-15-8-5-9-16-25,29-26(28)24-13-6-4-7-14-24)21-11-10-12-23-19-17-22(2)18-20-23/h1,4-9,13-20H,11,21H2,2H3. The number of benzene rings is 3. The average molecular weight is 378 g/mol. The quantitative estimate of drug-likeness (QED) is 0.432. The van der Waals surface area contributed by atoms with Crippen molar-refractivity contribution >= 4 is 5.97 Å². The van der Waals surface area contributed by atoms with Gasteiger partial charge in [-0.1, -0.05) is 84.0 Å². The van der Waals surface area contributed by atoms with Gasteiger partial charge in [-0.25, -0.2) is 4.79 Å². The van der Waals surface area contributed by atoms with Crippen LogP contribution in [0, 0.1) is 31.1 Å². The highest BCUT2D eigenvalue weighted by atomic mass is 16.6. The molecule has 0 radical (unpaired) electrons. The molecule has 0 heterocycles. The highest BCUT2D eigenvalue weighted by Crippen LogP contribution is 2.31. The summed E-state index contributed by atoms with van der Waals surface area (Å²) in [5.74, 6) is 8.58. The van der Waals surface area contributed by atoms with Gasteiger partial charge >= 0.3 is 5.97 Å². The van der Waals surface area contributed by atoms with Crippen LogP contribution in [0.4, 0.5) is 0 Å². The van der Waals surface area contributed by atoms with E-state index in [2.05, 4.69) is 17.8 Å². The Balaban J connectivity index is 1.82. The molecule has 0 saturated heterocycles. The Hall–Kier alpha value is -3.75. The highest BCUT2D eigenvalue weighted by molar-refractivity contribution is 5.89. The monoisotopic (exact) mass is 378 g/mol. The topological polar surface area (TPSA) is 26.3 Å². The predicted octanol–water partition coefficient (Wildman–Crippen LogP) is 5.51. The number of carbonyl (C=O) groups excluding carboxylic acids is 1. The normalized spacial score (nSPS) is 12.0. The molecule has 0 amide bonds. The summed E-state index contributed by atoms with van der Waals surface area (Å²) in [6, 6.07) is 26.3. The van der Waals surface area contributed by atoms with Crippen molar-refractivity contribution in [3.8, 4) is 24.2 Å². The van der Waals surface area contributed by atoms with Gasteiger partial charge in [0.25, 0.3) is 0 Å². The molecule has 2 heteroatoms. The first-order valence-electron chi connectivity index (χ1n) is 9.50. The lowest BCUT2D eigenvalue weighted by atomic mass is 9.89. The fourth-order valence-corrected chi connectivity index (χ4v) is 2.98. The van der Waals surface area contributed by atoms with E-state index in [9.17, 15) is 4.79 Å². The molecule has 0 spiro atoms. The van der Waals surface area contributed by atoms with Crippen molar-refractivity contribution in [2.45, 2.75) is 25.4 Å². The van der Waals surface area contributed by atoms with Crippen molar-refractivity contribution in [1.82, 2.24) is 0 Å². The number of rotatable bonds is 5. The third-order valence-corrected chi connectivity index (χ3v) is 4.64. The van der Waals surface area contributed by atoms with Gasteiger partial charge in [0.05, 0.1) is 5.56 Å². The summed E-state index contributed by atoms with van der Waals surface area (Å²) in [6.45, 7) is 2.04. The Morgan fingerprint density at radius 2 is 1.55 bits per heavy atom. The number of terminal acetylenes is 1. The lowest BCUT2D eigenvalue weighted by Gasteiger charge is -2.28. The molecule has 1 atom stereocenters. The van der Waals surface area contributed by atoms with Crippen LogP contribution in [0.2, 0.25) is 0 Å². The van der Waals surface area contributed by atoms with Crippen LogP contribution in [0.15, 0.2) is 84.9 Å². The molecule has 0 fully saturated rings. The molecule has 29 heavy (non-hydrogen) atoms.